The molecule has 0 rings (SSSR count). The zero-order valence-corrected chi connectivity index (χ0v) is 7.55. The molecule has 0 heterocycles. The van der Waals surface area contributed by atoms with E-state index in [0.717, 1.165) is 12.8 Å². The van der Waals surface area contributed by atoms with Gasteiger partial charge in [-0.3, -0.25) is 0 Å². The van der Waals surface area contributed by atoms with Gasteiger partial charge in [0.05, 0.1) is 7.11 Å². The smallest absolute Gasteiger partial charge is 0.406 e. The molecule has 0 aromatic rings. The quantitative estimate of drug-likeness (QED) is 0.633. The Hall–Kier alpha value is -1.06. The molecule has 0 bridgehead atoms. The highest BCUT2D eigenvalue weighted by molar-refractivity contribution is 5.75. The van der Waals surface area contributed by atoms with Gasteiger partial charge in [0.1, 0.15) is 5.78 Å². The Balaban J connectivity index is 3.11. The van der Waals surface area contributed by atoms with Crippen LogP contribution < -0.4 is 5.32 Å². The average molecular weight is 173 g/mol. The van der Waals surface area contributed by atoms with Crippen molar-refractivity contribution >= 4 is 11.9 Å². The number of nitrogens with one attached hydrogen (secondary N) is 1. The Bertz CT molecular complexity index is 156. The second-order valence-corrected chi connectivity index (χ2v) is 2.58. The van der Waals surface area contributed by atoms with Crippen LogP contribution in [0.5, 0.6) is 0 Å². The first-order valence-electron chi connectivity index (χ1n) is 3.98. The Morgan fingerprint density at radius 3 is 2.50 bits per heavy atom. The standard InChI is InChI=1S/C8H15NO3/c1-7(10)5-3-4-6-9-8(11)12-2/h3-6H2,1-2H3,(H,9,11). The van der Waals surface area contributed by atoms with Gasteiger partial charge in [-0.15, -0.1) is 0 Å². The van der Waals surface area contributed by atoms with E-state index in [-0.39, 0.29) is 5.78 Å². The SMILES string of the molecule is COC(=O)NCCCCC(C)=O. The van der Waals surface area contributed by atoms with Crippen molar-refractivity contribution in [2.45, 2.75) is 26.2 Å². The molecular formula is C8H15NO3. The highest BCUT2D eigenvalue weighted by Gasteiger charge is 1.97. The molecule has 12 heavy (non-hydrogen) atoms. The topological polar surface area (TPSA) is 55.4 Å². The van der Waals surface area contributed by atoms with Crippen LogP contribution in [0, 0.1) is 0 Å². The number of methoxy groups -OCH3 is 1. The predicted octanol–water partition coefficient (Wildman–Crippen LogP) is 1.10. The highest BCUT2D eigenvalue weighted by Crippen LogP contribution is 1.94. The summed E-state index contributed by atoms with van der Waals surface area (Å²) in [7, 11) is 1.32. The van der Waals surface area contributed by atoms with Crippen molar-refractivity contribution in [2.24, 2.45) is 0 Å². The fourth-order valence-corrected chi connectivity index (χ4v) is 0.762. The van der Waals surface area contributed by atoms with E-state index < -0.39 is 6.09 Å². The summed E-state index contributed by atoms with van der Waals surface area (Å²) >= 11 is 0. The summed E-state index contributed by atoms with van der Waals surface area (Å²) in [4.78, 5) is 21.0. The lowest BCUT2D eigenvalue weighted by Crippen LogP contribution is -2.23. The molecule has 70 valence electrons. The summed E-state index contributed by atoms with van der Waals surface area (Å²) in [6.45, 7) is 2.13. The summed E-state index contributed by atoms with van der Waals surface area (Å²) in [6, 6.07) is 0. The molecule has 4 nitrogen and oxygen atoms in total. The van der Waals surface area contributed by atoms with Gasteiger partial charge in [-0.05, 0) is 19.8 Å². The first kappa shape index (κ1) is 10.9. The Morgan fingerprint density at radius 1 is 1.33 bits per heavy atom. The van der Waals surface area contributed by atoms with E-state index in [0.29, 0.717) is 13.0 Å². The van der Waals surface area contributed by atoms with E-state index in [4.69, 9.17) is 0 Å². The Labute approximate surface area is 72.3 Å². The molecule has 1 N–H and O–H groups in total. The van der Waals surface area contributed by atoms with Crippen LogP contribution in [-0.4, -0.2) is 25.5 Å². The van der Waals surface area contributed by atoms with Crippen LogP contribution in [0.4, 0.5) is 4.79 Å². The van der Waals surface area contributed by atoms with E-state index in [1.165, 1.54) is 7.11 Å². The van der Waals surface area contributed by atoms with Gasteiger partial charge in [0.25, 0.3) is 0 Å². The predicted molar refractivity (Wildman–Crippen MR) is 44.9 cm³/mol. The van der Waals surface area contributed by atoms with Gasteiger partial charge in [-0.2, -0.15) is 0 Å². The molecule has 0 aliphatic carbocycles. The van der Waals surface area contributed by atoms with E-state index in [2.05, 4.69) is 10.1 Å². The maximum atomic E-state index is 10.5. The lowest BCUT2D eigenvalue weighted by atomic mass is 10.2. The molecule has 1 amide bonds. The van der Waals surface area contributed by atoms with Crippen molar-refractivity contribution in [2.75, 3.05) is 13.7 Å². The van der Waals surface area contributed by atoms with Crippen molar-refractivity contribution in [3.63, 3.8) is 0 Å². The molecule has 0 saturated heterocycles. The Morgan fingerprint density at radius 2 is 2.00 bits per heavy atom. The zero-order chi connectivity index (χ0) is 9.40. The third-order valence-corrected chi connectivity index (χ3v) is 1.41. The maximum Gasteiger partial charge on any atom is 0.406 e. The molecule has 0 aliphatic rings. The number of amides is 1. The number of unbranched alkanes of at least 4 members (excludes halogenated alkanes) is 1. The van der Waals surface area contributed by atoms with Crippen LogP contribution in [0.15, 0.2) is 0 Å². The van der Waals surface area contributed by atoms with Crippen LogP contribution in [-0.2, 0) is 9.53 Å². The lowest BCUT2D eigenvalue weighted by Gasteiger charge is -2.01. The molecule has 0 saturated carbocycles. The zero-order valence-electron chi connectivity index (χ0n) is 7.55. The average Bonchev–Trinajstić information content (AvgIpc) is 2.03. The number of hydrogen-bond acceptors (Lipinski definition) is 3. The van der Waals surface area contributed by atoms with Gasteiger partial charge in [-0.1, -0.05) is 0 Å². The molecule has 0 aromatic carbocycles. The van der Waals surface area contributed by atoms with Gasteiger partial charge in [-0.25, -0.2) is 4.79 Å². The fraction of sp³-hybridized carbons (Fsp3) is 0.750. The molecular weight excluding hydrogens is 158 g/mol. The van der Waals surface area contributed by atoms with Crippen LogP contribution in [0.25, 0.3) is 0 Å². The molecule has 4 heteroatoms. The minimum Gasteiger partial charge on any atom is -0.453 e. The lowest BCUT2D eigenvalue weighted by molar-refractivity contribution is -0.117. The maximum absolute atomic E-state index is 10.5. The number of alkyl carbamates (subject to hydrolysis) is 1. The number of hydrogen-bond donors (Lipinski definition) is 1. The number of rotatable bonds is 5. The van der Waals surface area contributed by atoms with Crippen molar-refractivity contribution in [1.82, 2.24) is 5.32 Å². The van der Waals surface area contributed by atoms with E-state index in [9.17, 15) is 9.59 Å². The first-order valence-corrected chi connectivity index (χ1v) is 3.98. The highest BCUT2D eigenvalue weighted by atomic mass is 16.5. The summed E-state index contributed by atoms with van der Waals surface area (Å²) < 4.78 is 4.36. The first-order chi connectivity index (χ1) is 5.66. The summed E-state index contributed by atoms with van der Waals surface area (Å²) in [5.41, 5.74) is 0. The summed E-state index contributed by atoms with van der Waals surface area (Å²) in [6.07, 6.45) is 1.80. The molecule has 0 radical (unpaired) electrons. The van der Waals surface area contributed by atoms with Crippen molar-refractivity contribution in [3.8, 4) is 0 Å². The molecule has 0 atom stereocenters. The monoisotopic (exact) mass is 173 g/mol. The van der Waals surface area contributed by atoms with Crippen molar-refractivity contribution < 1.29 is 14.3 Å². The number of carbonyl (C=O) groups excluding carboxylic acids is 2. The minimum absolute atomic E-state index is 0.188. The van der Waals surface area contributed by atoms with Gasteiger partial charge in [0.2, 0.25) is 0 Å². The molecule has 0 spiro atoms. The van der Waals surface area contributed by atoms with Crippen LogP contribution in [0.2, 0.25) is 0 Å². The van der Waals surface area contributed by atoms with E-state index in [1.54, 1.807) is 6.92 Å². The normalized spacial score (nSPS) is 9.17. The van der Waals surface area contributed by atoms with E-state index >= 15 is 0 Å². The van der Waals surface area contributed by atoms with Crippen LogP contribution in [0.1, 0.15) is 26.2 Å². The number of Topliss-reactive ketones (excluding diaryl/α,β-unsaturated/α-hetero) is 1. The van der Waals surface area contributed by atoms with Gasteiger partial charge < -0.3 is 14.8 Å². The largest absolute Gasteiger partial charge is 0.453 e. The third-order valence-electron chi connectivity index (χ3n) is 1.41. The third kappa shape index (κ3) is 7.05. The summed E-state index contributed by atoms with van der Waals surface area (Å²) in [5.74, 6) is 0.188. The van der Waals surface area contributed by atoms with Gasteiger partial charge >= 0.3 is 6.09 Å². The molecule has 0 aliphatic heterocycles. The number of carbonyl (C=O) groups is 2. The second-order valence-electron chi connectivity index (χ2n) is 2.58. The van der Waals surface area contributed by atoms with E-state index in [1.807, 2.05) is 0 Å². The Kier molecular flexibility index (Phi) is 6.05. The van der Waals surface area contributed by atoms with Gasteiger partial charge in [0, 0.05) is 13.0 Å². The molecule has 0 unspecified atom stereocenters. The van der Waals surface area contributed by atoms with Gasteiger partial charge in [0.15, 0.2) is 0 Å². The van der Waals surface area contributed by atoms with Crippen LogP contribution in [0.3, 0.4) is 0 Å². The van der Waals surface area contributed by atoms with Crippen LogP contribution >= 0.6 is 0 Å². The number of ether oxygens (including phenoxy) is 1. The second kappa shape index (κ2) is 6.64. The summed E-state index contributed by atoms with van der Waals surface area (Å²) in [5, 5.41) is 2.53. The van der Waals surface area contributed by atoms with Crippen molar-refractivity contribution in [1.29, 1.82) is 0 Å². The van der Waals surface area contributed by atoms with Crippen molar-refractivity contribution in [3.05, 3.63) is 0 Å². The molecule has 0 aromatic heterocycles. The number of ketones is 1. The fourth-order valence-electron chi connectivity index (χ4n) is 0.762. The minimum atomic E-state index is -0.419. The molecule has 0 fully saturated rings.